The van der Waals surface area contributed by atoms with Crippen molar-refractivity contribution in [3.05, 3.63) is 65.2 Å². The number of nitrogens with zero attached hydrogens (tertiary/aromatic N) is 1. The minimum Gasteiger partial charge on any atom is -0.382 e. The van der Waals surface area contributed by atoms with Crippen LogP contribution in [-0.2, 0) is 0 Å². The number of benzene rings is 2. The SMILES string of the molecule is Cc1cc(C)cc(NC2CCN([C@@H]3CCCC[C@@H]3c3ccccc3)CC2)c1. The van der Waals surface area contributed by atoms with Gasteiger partial charge in [-0.05, 0) is 74.3 Å². The minimum absolute atomic E-state index is 0.612. The summed E-state index contributed by atoms with van der Waals surface area (Å²) in [6.07, 6.45) is 8.02. The third-order valence-electron chi connectivity index (χ3n) is 6.55. The number of piperidine rings is 1. The van der Waals surface area contributed by atoms with Gasteiger partial charge in [0.2, 0.25) is 0 Å². The zero-order valence-electron chi connectivity index (χ0n) is 17.0. The fourth-order valence-electron chi connectivity index (χ4n) is 5.31. The van der Waals surface area contributed by atoms with Crippen molar-refractivity contribution < 1.29 is 0 Å². The Morgan fingerprint density at radius 3 is 2.19 bits per heavy atom. The Morgan fingerprint density at radius 1 is 0.815 bits per heavy atom. The summed E-state index contributed by atoms with van der Waals surface area (Å²) in [6, 6.07) is 19.4. The number of aryl methyl sites for hydroxylation is 2. The van der Waals surface area contributed by atoms with Gasteiger partial charge in [0.05, 0.1) is 0 Å². The lowest BCUT2D eigenvalue weighted by molar-refractivity contribution is 0.109. The van der Waals surface area contributed by atoms with Gasteiger partial charge in [-0.25, -0.2) is 0 Å². The van der Waals surface area contributed by atoms with E-state index in [4.69, 9.17) is 0 Å². The number of rotatable bonds is 4. The van der Waals surface area contributed by atoms with Gasteiger partial charge in [0.1, 0.15) is 0 Å². The second-order valence-corrected chi connectivity index (χ2v) is 8.70. The van der Waals surface area contributed by atoms with Crippen LogP contribution in [0, 0.1) is 13.8 Å². The molecule has 2 heteroatoms. The van der Waals surface area contributed by atoms with E-state index in [1.807, 2.05) is 0 Å². The van der Waals surface area contributed by atoms with Crippen LogP contribution in [-0.4, -0.2) is 30.1 Å². The molecule has 1 saturated carbocycles. The fraction of sp³-hybridized carbons (Fsp3) is 0.520. The second kappa shape index (κ2) is 8.48. The smallest absolute Gasteiger partial charge is 0.0347 e. The molecule has 1 saturated heterocycles. The maximum Gasteiger partial charge on any atom is 0.0347 e. The molecule has 27 heavy (non-hydrogen) atoms. The molecule has 2 aromatic rings. The van der Waals surface area contributed by atoms with E-state index < -0.39 is 0 Å². The zero-order valence-corrected chi connectivity index (χ0v) is 17.0. The minimum atomic E-state index is 0.612. The Balaban J connectivity index is 1.37. The molecule has 2 aliphatic rings. The van der Waals surface area contributed by atoms with Gasteiger partial charge >= 0.3 is 0 Å². The Hall–Kier alpha value is -1.80. The van der Waals surface area contributed by atoms with Gasteiger partial charge in [0.25, 0.3) is 0 Å². The maximum atomic E-state index is 3.80. The molecule has 0 bridgehead atoms. The van der Waals surface area contributed by atoms with E-state index >= 15 is 0 Å². The molecule has 0 spiro atoms. The van der Waals surface area contributed by atoms with Crippen molar-refractivity contribution in [3.8, 4) is 0 Å². The topological polar surface area (TPSA) is 15.3 Å². The van der Waals surface area contributed by atoms with E-state index in [0.717, 1.165) is 12.0 Å². The Kier molecular flexibility index (Phi) is 5.83. The molecule has 1 aliphatic carbocycles. The molecule has 0 aromatic heterocycles. The van der Waals surface area contributed by atoms with Crippen LogP contribution < -0.4 is 5.32 Å². The Morgan fingerprint density at radius 2 is 1.48 bits per heavy atom. The number of anilines is 1. The largest absolute Gasteiger partial charge is 0.382 e. The zero-order chi connectivity index (χ0) is 18.6. The number of nitrogens with one attached hydrogen (secondary N) is 1. The summed E-state index contributed by atoms with van der Waals surface area (Å²) < 4.78 is 0. The Labute approximate surface area is 165 Å². The summed E-state index contributed by atoms with van der Waals surface area (Å²) in [6.45, 7) is 6.84. The van der Waals surface area contributed by atoms with Crippen LogP contribution in [0.3, 0.4) is 0 Å². The van der Waals surface area contributed by atoms with Gasteiger partial charge in [-0.15, -0.1) is 0 Å². The number of likely N-dealkylation sites (tertiary alicyclic amines) is 1. The Bertz CT molecular complexity index is 711. The van der Waals surface area contributed by atoms with Crippen molar-refractivity contribution in [1.82, 2.24) is 4.90 Å². The molecule has 0 amide bonds. The molecule has 0 radical (unpaired) electrons. The molecule has 2 atom stereocenters. The summed E-state index contributed by atoms with van der Waals surface area (Å²) in [5, 5.41) is 3.80. The lowest BCUT2D eigenvalue weighted by Gasteiger charge is -2.44. The van der Waals surface area contributed by atoms with E-state index in [0.29, 0.717) is 6.04 Å². The number of hydrogen-bond acceptors (Lipinski definition) is 2. The first kappa shape index (κ1) is 18.6. The maximum absolute atomic E-state index is 3.80. The lowest BCUT2D eigenvalue weighted by Crippen LogP contribution is -2.47. The van der Waals surface area contributed by atoms with Gasteiger partial charge < -0.3 is 5.32 Å². The van der Waals surface area contributed by atoms with Gasteiger partial charge in [0.15, 0.2) is 0 Å². The van der Waals surface area contributed by atoms with Crippen molar-refractivity contribution in [3.63, 3.8) is 0 Å². The first-order chi connectivity index (χ1) is 13.2. The standard InChI is InChI=1S/C25H34N2/c1-19-16-20(2)18-23(17-19)26-22-12-14-27(15-13-22)25-11-7-6-10-24(25)21-8-4-3-5-9-21/h3-5,8-9,16-18,22,24-26H,6-7,10-15H2,1-2H3/t24-,25-/m1/s1. The van der Waals surface area contributed by atoms with E-state index in [1.54, 1.807) is 5.56 Å². The molecule has 0 unspecified atom stereocenters. The molecule has 1 N–H and O–H groups in total. The van der Waals surface area contributed by atoms with Crippen molar-refractivity contribution >= 4 is 5.69 Å². The van der Waals surface area contributed by atoms with Crippen LogP contribution in [0.5, 0.6) is 0 Å². The highest BCUT2D eigenvalue weighted by molar-refractivity contribution is 5.49. The normalized spacial score (nSPS) is 24.7. The molecule has 1 heterocycles. The van der Waals surface area contributed by atoms with Crippen molar-refractivity contribution in [2.24, 2.45) is 0 Å². The summed E-state index contributed by atoms with van der Waals surface area (Å²) in [7, 11) is 0. The summed E-state index contributed by atoms with van der Waals surface area (Å²) in [5.74, 6) is 0.726. The predicted molar refractivity (Wildman–Crippen MR) is 116 cm³/mol. The molecule has 1 aliphatic heterocycles. The molecule has 4 rings (SSSR count). The molecule has 2 aromatic carbocycles. The highest BCUT2D eigenvalue weighted by atomic mass is 15.2. The van der Waals surface area contributed by atoms with Crippen LogP contribution in [0.4, 0.5) is 5.69 Å². The monoisotopic (exact) mass is 362 g/mol. The van der Waals surface area contributed by atoms with Crippen LogP contribution in [0.2, 0.25) is 0 Å². The third kappa shape index (κ3) is 4.55. The van der Waals surface area contributed by atoms with Crippen molar-refractivity contribution in [2.45, 2.75) is 70.4 Å². The molecular weight excluding hydrogens is 328 g/mol. The average Bonchev–Trinajstić information content (AvgIpc) is 2.68. The first-order valence-electron chi connectivity index (χ1n) is 10.8. The van der Waals surface area contributed by atoms with E-state index in [9.17, 15) is 0 Å². The molecule has 2 fully saturated rings. The summed E-state index contributed by atoms with van der Waals surface area (Å²) in [4.78, 5) is 2.80. The highest BCUT2D eigenvalue weighted by Gasteiger charge is 2.33. The number of hydrogen-bond donors (Lipinski definition) is 1. The predicted octanol–water partition coefficient (Wildman–Crippen LogP) is 5.91. The average molecular weight is 363 g/mol. The molecule has 144 valence electrons. The summed E-state index contributed by atoms with van der Waals surface area (Å²) >= 11 is 0. The van der Waals surface area contributed by atoms with Crippen molar-refractivity contribution in [2.75, 3.05) is 18.4 Å². The van der Waals surface area contributed by atoms with Gasteiger partial charge in [-0.1, -0.05) is 49.2 Å². The van der Waals surface area contributed by atoms with Gasteiger partial charge in [-0.3, -0.25) is 4.90 Å². The lowest BCUT2D eigenvalue weighted by atomic mass is 9.78. The first-order valence-corrected chi connectivity index (χ1v) is 10.8. The highest BCUT2D eigenvalue weighted by Crippen LogP contribution is 2.37. The van der Waals surface area contributed by atoms with Crippen LogP contribution in [0.1, 0.15) is 61.1 Å². The molecular formula is C25H34N2. The molecule has 2 nitrogen and oxygen atoms in total. The van der Waals surface area contributed by atoms with Gasteiger partial charge in [-0.2, -0.15) is 0 Å². The van der Waals surface area contributed by atoms with Crippen molar-refractivity contribution in [1.29, 1.82) is 0 Å². The van der Waals surface area contributed by atoms with E-state index in [2.05, 4.69) is 72.6 Å². The fourth-order valence-corrected chi connectivity index (χ4v) is 5.31. The van der Waals surface area contributed by atoms with Crippen LogP contribution in [0.15, 0.2) is 48.5 Å². The van der Waals surface area contributed by atoms with Crippen LogP contribution >= 0.6 is 0 Å². The van der Waals surface area contributed by atoms with E-state index in [-0.39, 0.29) is 0 Å². The van der Waals surface area contributed by atoms with Crippen LogP contribution in [0.25, 0.3) is 0 Å². The third-order valence-corrected chi connectivity index (χ3v) is 6.55. The second-order valence-electron chi connectivity index (χ2n) is 8.70. The van der Waals surface area contributed by atoms with Gasteiger partial charge in [0, 0.05) is 30.9 Å². The van der Waals surface area contributed by atoms with E-state index in [1.165, 1.54) is 68.4 Å². The summed E-state index contributed by atoms with van der Waals surface area (Å²) in [5.41, 5.74) is 5.55. The quantitative estimate of drug-likeness (QED) is 0.728.